The molecule has 0 fully saturated rings. The van der Waals surface area contributed by atoms with E-state index in [1.54, 1.807) is 4.68 Å². The monoisotopic (exact) mass is 358 g/mol. The Hall–Kier alpha value is -2.25. The quantitative estimate of drug-likeness (QED) is 0.654. The molecule has 2 aromatic heterocycles. The van der Waals surface area contributed by atoms with Crippen LogP contribution in [0.1, 0.15) is 18.9 Å². The van der Waals surface area contributed by atoms with Gasteiger partial charge in [0.05, 0.1) is 12.6 Å². The number of pyridine rings is 1. The molecule has 0 spiro atoms. The standard InChI is InChI=1S/C18H23N5OS/c1-4-9-19-17(24)11-21(3)12-22-18(25)23-15-8-6-5-7-14(15)13(2)10-16(23)20-22/h5-8,10H,4,9,11-12H2,1-3H3,(H,19,24)/p+1. The number of hydrogen-bond acceptors (Lipinski definition) is 3. The molecule has 132 valence electrons. The number of nitrogens with zero attached hydrogens (tertiary/aromatic N) is 3. The van der Waals surface area contributed by atoms with Crippen molar-refractivity contribution in [2.75, 3.05) is 20.1 Å². The topological polar surface area (TPSA) is 55.8 Å². The molecule has 0 saturated carbocycles. The molecule has 3 aromatic rings. The van der Waals surface area contributed by atoms with Gasteiger partial charge in [0.25, 0.3) is 5.91 Å². The minimum atomic E-state index is 0.0518. The summed E-state index contributed by atoms with van der Waals surface area (Å²) in [4.78, 5) is 12.9. The van der Waals surface area contributed by atoms with Crippen molar-refractivity contribution >= 4 is 34.7 Å². The van der Waals surface area contributed by atoms with Crippen molar-refractivity contribution in [1.82, 2.24) is 19.5 Å². The molecule has 1 aromatic carbocycles. The lowest BCUT2D eigenvalue weighted by Gasteiger charge is -2.13. The predicted octanol–water partition coefficient (Wildman–Crippen LogP) is 1.33. The van der Waals surface area contributed by atoms with E-state index in [-0.39, 0.29) is 5.91 Å². The summed E-state index contributed by atoms with van der Waals surface area (Å²) in [5.74, 6) is 0.0518. The van der Waals surface area contributed by atoms with Gasteiger partial charge in [-0.1, -0.05) is 25.1 Å². The molecule has 0 bridgehead atoms. The van der Waals surface area contributed by atoms with E-state index < -0.39 is 0 Å². The number of aryl methyl sites for hydroxylation is 1. The summed E-state index contributed by atoms with van der Waals surface area (Å²) in [6.45, 7) is 5.78. The summed E-state index contributed by atoms with van der Waals surface area (Å²) < 4.78 is 4.46. The van der Waals surface area contributed by atoms with E-state index in [2.05, 4.69) is 35.5 Å². The number of carbonyl (C=O) groups excluding carboxylic acids is 1. The lowest BCUT2D eigenvalue weighted by molar-refractivity contribution is -0.895. The van der Waals surface area contributed by atoms with Crippen molar-refractivity contribution in [3.05, 3.63) is 40.7 Å². The molecule has 25 heavy (non-hydrogen) atoms. The van der Waals surface area contributed by atoms with Gasteiger partial charge in [0, 0.05) is 11.9 Å². The summed E-state index contributed by atoms with van der Waals surface area (Å²) in [5, 5.41) is 8.73. The van der Waals surface area contributed by atoms with E-state index >= 15 is 0 Å². The Morgan fingerprint density at radius 2 is 2.12 bits per heavy atom. The number of carbonyl (C=O) groups is 1. The van der Waals surface area contributed by atoms with Crippen LogP contribution in [0.4, 0.5) is 0 Å². The van der Waals surface area contributed by atoms with Crippen molar-refractivity contribution < 1.29 is 9.69 Å². The number of aromatic nitrogens is 3. The molecular formula is C18H24N5OS+. The number of para-hydroxylation sites is 1. The maximum atomic E-state index is 11.9. The molecule has 0 aliphatic heterocycles. The third kappa shape index (κ3) is 3.57. The Morgan fingerprint density at radius 1 is 1.36 bits per heavy atom. The number of amides is 1. The highest BCUT2D eigenvalue weighted by Gasteiger charge is 2.14. The van der Waals surface area contributed by atoms with Gasteiger partial charge < -0.3 is 10.2 Å². The second-order valence-electron chi connectivity index (χ2n) is 6.46. The Balaban J connectivity index is 1.91. The third-order valence-corrected chi connectivity index (χ3v) is 4.63. The van der Waals surface area contributed by atoms with E-state index in [0.717, 1.165) is 22.5 Å². The summed E-state index contributed by atoms with van der Waals surface area (Å²) in [6.07, 6.45) is 0.939. The van der Waals surface area contributed by atoms with Crippen LogP contribution in [0.5, 0.6) is 0 Å². The number of fused-ring (bicyclic) bond motifs is 3. The fourth-order valence-electron chi connectivity index (χ4n) is 3.03. The highest BCUT2D eigenvalue weighted by molar-refractivity contribution is 7.71. The largest absolute Gasteiger partial charge is 0.351 e. The SMILES string of the molecule is CCCNC(=O)C[NH+](C)Cn1nc2cc(C)c3ccccc3n2c1=S. The summed E-state index contributed by atoms with van der Waals surface area (Å²) in [5.41, 5.74) is 3.08. The van der Waals surface area contributed by atoms with Crippen molar-refractivity contribution in [2.24, 2.45) is 0 Å². The molecule has 1 atom stereocenters. The first-order chi connectivity index (χ1) is 12.0. The third-order valence-electron chi connectivity index (χ3n) is 4.23. The minimum Gasteiger partial charge on any atom is -0.351 e. The van der Waals surface area contributed by atoms with Crippen molar-refractivity contribution in [3.8, 4) is 0 Å². The number of likely N-dealkylation sites (N-methyl/N-ethyl adjacent to an activating group) is 1. The van der Waals surface area contributed by atoms with E-state index in [1.165, 1.54) is 10.9 Å². The van der Waals surface area contributed by atoms with Gasteiger partial charge in [-0.2, -0.15) is 4.68 Å². The first-order valence-electron chi connectivity index (χ1n) is 8.57. The molecule has 0 saturated heterocycles. The maximum Gasteiger partial charge on any atom is 0.275 e. The van der Waals surface area contributed by atoms with Gasteiger partial charge in [0.1, 0.15) is 0 Å². The van der Waals surface area contributed by atoms with Gasteiger partial charge in [-0.3, -0.25) is 9.20 Å². The number of nitrogens with one attached hydrogen (secondary N) is 2. The van der Waals surface area contributed by atoms with E-state index in [9.17, 15) is 4.79 Å². The van der Waals surface area contributed by atoms with Gasteiger partial charge in [0.15, 0.2) is 18.9 Å². The van der Waals surface area contributed by atoms with Crippen LogP contribution in [0, 0.1) is 11.7 Å². The van der Waals surface area contributed by atoms with Gasteiger partial charge in [-0.25, -0.2) is 0 Å². The van der Waals surface area contributed by atoms with Crippen molar-refractivity contribution in [1.29, 1.82) is 0 Å². The van der Waals surface area contributed by atoms with Gasteiger partial charge in [-0.15, -0.1) is 5.10 Å². The number of benzene rings is 1. The van der Waals surface area contributed by atoms with E-state index in [0.29, 0.717) is 24.5 Å². The minimum absolute atomic E-state index is 0.0518. The zero-order chi connectivity index (χ0) is 18.0. The summed E-state index contributed by atoms with van der Waals surface area (Å²) in [7, 11) is 1.97. The molecule has 6 nitrogen and oxygen atoms in total. The molecule has 0 aliphatic carbocycles. The van der Waals surface area contributed by atoms with Crippen LogP contribution in [0.2, 0.25) is 0 Å². The molecule has 1 unspecified atom stereocenters. The van der Waals surface area contributed by atoms with Crippen LogP contribution in [0.25, 0.3) is 16.6 Å². The first-order valence-corrected chi connectivity index (χ1v) is 8.98. The van der Waals surface area contributed by atoms with Gasteiger partial charge in [0.2, 0.25) is 4.77 Å². The van der Waals surface area contributed by atoms with Crippen LogP contribution in [0.15, 0.2) is 30.3 Å². The van der Waals surface area contributed by atoms with Crippen LogP contribution >= 0.6 is 12.2 Å². The predicted molar refractivity (Wildman–Crippen MR) is 101 cm³/mol. The number of quaternary nitrogens is 1. The van der Waals surface area contributed by atoms with Crippen LogP contribution in [-0.4, -0.2) is 40.2 Å². The van der Waals surface area contributed by atoms with Crippen molar-refractivity contribution in [2.45, 2.75) is 26.9 Å². The maximum absolute atomic E-state index is 11.9. The fraction of sp³-hybridized carbons (Fsp3) is 0.389. The molecule has 2 N–H and O–H groups in total. The zero-order valence-electron chi connectivity index (χ0n) is 14.9. The first kappa shape index (κ1) is 17.6. The van der Waals surface area contributed by atoms with Crippen LogP contribution in [-0.2, 0) is 11.5 Å². The van der Waals surface area contributed by atoms with Crippen LogP contribution < -0.4 is 10.2 Å². The van der Waals surface area contributed by atoms with E-state index in [1.807, 2.05) is 30.5 Å². The highest BCUT2D eigenvalue weighted by Crippen LogP contribution is 2.20. The fourth-order valence-corrected chi connectivity index (χ4v) is 3.33. The summed E-state index contributed by atoms with van der Waals surface area (Å²) >= 11 is 5.65. The zero-order valence-corrected chi connectivity index (χ0v) is 15.7. The van der Waals surface area contributed by atoms with Crippen molar-refractivity contribution in [3.63, 3.8) is 0 Å². The molecule has 0 radical (unpaired) electrons. The Labute approximate surface area is 152 Å². The number of rotatable bonds is 6. The number of hydrogen-bond donors (Lipinski definition) is 2. The second-order valence-corrected chi connectivity index (χ2v) is 6.83. The second kappa shape index (κ2) is 7.33. The molecule has 2 heterocycles. The highest BCUT2D eigenvalue weighted by atomic mass is 32.1. The van der Waals surface area contributed by atoms with Crippen LogP contribution in [0.3, 0.4) is 0 Å². The average Bonchev–Trinajstić information content (AvgIpc) is 2.88. The molecule has 7 heteroatoms. The van der Waals surface area contributed by atoms with Gasteiger partial charge in [-0.05, 0) is 43.3 Å². The average molecular weight is 358 g/mol. The summed E-state index contributed by atoms with van der Waals surface area (Å²) in [6, 6.07) is 10.3. The smallest absolute Gasteiger partial charge is 0.275 e. The Kier molecular flexibility index (Phi) is 5.15. The molecule has 1 amide bonds. The molecule has 0 aliphatic rings. The lowest BCUT2D eigenvalue weighted by atomic mass is 10.1. The van der Waals surface area contributed by atoms with E-state index in [4.69, 9.17) is 12.2 Å². The Bertz CT molecular complexity index is 975. The normalized spacial score (nSPS) is 12.6. The lowest BCUT2D eigenvalue weighted by Crippen LogP contribution is -3.09. The Morgan fingerprint density at radius 3 is 2.88 bits per heavy atom. The molecular weight excluding hydrogens is 334 g/mol. The molecule has 3 rings (SSSR count). The van der Waals surface area contributed by atoms with Gasteiger partial charge >= 0.3 is 0 Å².